The first-order valence-corrected chi connectivity index (χ1v) is 7.56. The van der Waals surface area contributed by atoms with E-state index in [1.54, 1.807) is 14.2 Å². The normalized spacial score (nSPS) is 13.0. The third-order valence-electron chi connectivity index (χ3n) is 3.75. The third kappa shape index (κ3) is 5.21. The molecule has 1 aromatic carbocycles. The van der Waals surface area contributed by atoms with E-state index in [1.807, 2.05) is 18.2 Å². The molecule has 1 aromatic rings. The molecule has 0 aliphatic carbocycles. The van der Waals surface area contributed by atoms with Gasteiger partial charge >= 0.3 is 0 Å². The fourth-order valence-corrected chi connectivity index (χ4v) is 2.03. The van der Waals surface area contributed by atoms with Crippen molar-refractivity contribution in [3.05, 3.63) is 23.8 Å². The number of likely N-dealkylation sites (N-methyl/N-ethyl adjacent to an activating group) is 1. The minimum Gasteiger partial charge on any atom is -0.497 e. The summed E-state index contributed by atoms with van der Waals surface area (Å²) in [5, 5.41) is 3.46. The zero-order valence-electron chi connectivity index (χ0n) is 14.2. The molecular formula is C17H29NO3. The van der Waals surface area contributed by atoms with Crippen LogP contribution >= 0.6 is 0 Å². The highest BCUT2D eigenvalue weighted by atomic mass is 16.5. The summed E-state index contributed by atoms with van der Waals surface area (Å²) in [6.45, 7) is 9.90. The lowest BCUT2D eigenvalue weighted by atomic mass is 10.0. The number of ether oxygens (including phenoxy) is 3. The van der Waals surface area contributed by atoms with Gasteiger partial charge in [0, 0.05) is 5.56 Å². The topological polar surface area (TPSA) is 39.7 Å². The third-order valence-corrected chi connectivity index (χ3v) is 3.75. The van der Waals surface area contributed by atoms with Crippen LogP contribution in [0.25, 0.3) is 0 Å². The summed E-state index contributed by atoms with van der Waals surface area (Å²) in [7, 11) is 3.36. The van der Waals surface area contributed by atoms with Gasteiger partial charge in [-0.25, -0.2) is 0 Å². The Hall–Kier alpha value is -1.26. The Labute approximate surface area is 128 Å². The maximum atomic E-state index is 6.06. The maximum Gasteiger partial charge on any atom is 0.123 e. The van der Waals surface area contributed by atoms with Crippen LogP contribution in [0, 0.1) is 0 Å². The molecule has 0 amide bonds. The van der Waals surface area contributed by atoms with Crippen LogP contribution in [0.5, 0.6) is 11.5 Å². The van der Waals surface area contributed by atoms with E-state index in [1.165, 1.54) is 0 Å². The van der Waals surface area contributed by atoms with Crippen LogP contribution in [0.4, 0.5) is 0 Å². The van der Waals surface area contributed by atoms with E-state index in [4.69, 9.17) is 14.2 Å². The zero-order chi connectivity index (χ0) is 15.9. The number of hydrogen-bond acceptors (Lipinski definition) is 4. The smallest absolute Gasteiger partial charge is 0.123 e. The van der Waals surface area contributed by atoms with Crippen LogP contribution in [-0.4, -0.2) is 33.0 Å². The molecule has 4 heteroatoms. The minimum absolute atomic E-state index is 0.0749. The summed E-state index contributed by atoms with van der Waals surface area (Å²) >= 11 is 0. The van der Waals surface area contributed by atoms with Gasteiger partial charge in [0.2, 0.25) is 0 Å². The summed E-state index contributed by atoms with van der Waals surface area (Å²) in [6, 6.07) is 5.92. The van der Waals surface area contributed by atoms with Gasteiger partial charge in [-0.2, -0.15) is 0 Å². The molecular weight excluding hydrogens is 266 g/mol. The van der Waals surface area contributed by atoms with Crippen LogP contribution in [-0.2, 0) is 4.74 Å². The fourth-order valence-electron chi connectivity index (χ4n) is 2.03. The van der Waals surface area contributed by atoms with Crippen LogP contribution in [0.3, 0.4) is 0 Å². The summed E-state index contributed by atoms with van der Waals surface area (Å²) in [5.74, 6) is 1.67. The van der Waals surface area contributed by atoms with Gasteiger partial charge in [-0.1, -0.05) is 13.8 Å². The largest absolute Gasteiger partial charge is 0.497 e. The summed E-state index contributed by atoms with van der Waals surface area (Å²) in [4.78, 5) is 0. The average molecular weight is 295 g/mol. The van der Waals surface area contributed by atoms with Crippen molar-refractivity contribution in [3.8, 4) is 11.5 Å². The summed E-state index contributed by atoms with van der Waals surface area (Å²) in [6.07, 6.45) is 0.973. The highest BCUT2D eigenvalue weighted by molar-refractivity contribution is 5.42. The molecule has 0 aliphatic heterocycles. The minimum atomic E-state index is -0.125. The lowest BCUT2D eigenvalue weighted by molar-refractivity contribution is -0.0308. The molecule has 1 atom stereocenters. The Bertz CT molecular complexity index is 432. The van der Waals surface area contributed by atoms with Crippen molar-refractivity contribution in [2.24, 2.45) is 0 Å². The molecule has 0 aromatic heterocycles. The average Bonchev–Trinajstić information content (AvgIpc) is 2.50. The molecule has 4 nitrogen and oxygen atoms in total. The SMILES string of the molecule is CCNC(COC(C)(C)CC)c1cc(OC)ccc1OC. The Morgan fingerprint density at radius 1 is 1.14 bits per heavy atom. The molecule has 0 fully saturated rings. The monoisotopic (exact) mass is 295 g/mol. The molecule has 1 rings (SSSR count). The van der Waals surface area contributed by atoms with Gasteiger partial charge in [0.05, 0.1) is 32.5 Å². The molecule has 1 N–H and O–H groups in total. The van der Waals surface area contributed by atoms with Gasteiger partial charge < -0.3 is 19.5 Å². The van der Waals surface area contributed by atoms with E-state index < -0.39 is 0 Å². The lowest BCUT2D eigenvalue weighted by Gasteiger charge is -2.28. The van der Waals surface area contributed by atoms with Gasteiger partial charge in [0.1, 0.15) is 11.5 Å². The Balaban J connectivity index is 2.98. The van der Waals surface area contributed by atoms with Gasteiger partial charge in [-0.3, -0.25) is 0 Å². The molecule has 0 heterocycles. The fraction of sp³-hybridized carbons (Fsp3) is 0.647. The van der Waals surface area contributed by atoms with E-state index in [0.717, 1.165) is 30.0 Å². The van der Waals surface area contributed by atoms with E-state index in [0.29, 0.717) is 6.61 Å². The van der Waals surface area contributed by atoms with Gasteiger partial charge in [-0.05, 0) is 45.0 Å². The molecule has 21 heavy (non-hydrogen) atoms. The first-order chi connectivity index (χ1) is 9.97. The molecule has 0 spiro atoms. The van der Waals surface area contributed by atoms with E-state index >= 15 is 0 Å². The Morgan fingerprint density at radius 2 is 1.86 bits per heavy atom. The van der Waals surface area contributed by atoms with Gasteiger partial charge in [0.15, 0.2) is 0 Å². The molecule has 0 bridgehead atoms. The zero-order valence-corrected chi connectivity index (χ0v) is 14.2. The van der Waals surface area contributed by atoms with E-state index in [-0.39, 0.29) is 11.6 Å². The quantitative estimate of drug-likeness (QED) is 0.756. The van der Waals surface area contributed by atoms with Crippen molar-refractivity contribution in [1.82, 2.24) is 5.32 Å². The van der Waals surface area contributed by atoms with Gasteiger partial charge in [0.25, 0.3) is 0 Å². The summed E-state index contributed by atoms with van der Waals surface area (Å²) in [5.41, 5.74) is 0.936. The standard InChI is InChI=1S/C17H29NO3/c1-7-17(3,4)21-12-15(18-8-2)14-11-13(19-5)9-10-16(14)20-6/h9-11,15,18H,7-8,12H2,1-6H3. The van der Waals surface area contributed by atoms with Crippen molar-refractivity contribution >= 4 is 0 Å². The number of nitrogens with one attached hydrogen (secondary N) is 1. The molecule has 1 unspecified atom stereocenters. The first-order valence-electron chi connectivity index (χ1n) is 7.56. The second-order valence-electron chi connectivity index (χ2n) is 5.64. The predicted molar refractivity (Wildman–Crippen MR) is 86.3 cm³/mol. The Morgan fingerprint density at radius 3 is 2.38 bits per heavy atom. The lowest BCUT2D eigenvalue weighted by Crippen LogP contribution is -2.31. The molecule has 120 valence electrons. The van der Waals surface area contributed by atoms with Crippen LogP contribution < -0.4 is 14.8 Å². The number of benzene rings is 1. The number of rotatable bonds is 9. The van der Waals surface area contributed by atoms with Crippen molar-refractivity contribution in [2.45, 2.75) is 45.8 Å². The summed E-state index contributed by atoms with van der Waals surface area (Å²) < 4.78 is 16.9. The van der Waals surface area contributed by atoms with Crippen molar-refractivity contribution < 1.29 is 14.2 Å². The van der Waals surface area contributed by atoms with Crippen LogP contribution in [0.2, 0.25) is 0 Å². The van der Waals surface area contributed by atoms with Gasteiger partial charge in [-0.15, -0.1) is 0 Å². The van der Waals surface area contributed by atoms with E-state index in [2.05, 4.69) is 33.0 Å². The van der Waals surface area contributed by atoms with E-state index in [9.17, 15) is 0 Å². The van der Waals surface area contributed by atoms with Crippen molar-refractivity contribution in [2.75, 3.05) is 27.4 Å². The highest BCUT2D eigenvalue weighted by Gasteiger charge is 2.21. The number of methoxy groups -OCH3 is 2. The van der Waals surface area contributed by atoms with Crippen LogP contribution in [0.1, 0.15) is 45.7 Å². The van der Waals surface area contributed by atoms with Crippen LogP contribution in [0.15, 0.2) is 18.2 Å². The van der Waals surface area contributed by atoms with Crippen molar-refractivity contribution in [3.63, 3.8) is 0 Å². The van der Waals surface area contributed by atoms with Crippen molar-refractivity contribution in [1.29, 1.82) is 0 Å². The predicted octanol–water partition coefficient (Wildman–Crippen LogP) is 3.56. The molecule has 0 radical (unpaired) electrons. The highest BCUT2D eigenvalue weighted by Crippen LogP contribution is 2.30. The molecule has 0 saturated carbocycles. The number of hydrogen-bond donors (Lipinski definition) is 1. The molecule has 0 aliphatic rings. The second-order valence-corrected chi connectivity index (χ2v) is 5.64. The Kier molecular flexibility index (Phi) is 6.99. The first kappa shape index (κ1) is 17.8. The maximum absolute atomic E-state index is 6.06. The molecule has 0 saturated heterocycles. The second kappa shape index (κ2) is 8.25.